The zero-order chi connectivity index (χ0) is 9.26. The summed E-state index contributed by atoms with van der Waals surface area (Å²) in [6.07, 6.45) is 5.57. The summed E-state index contributed by atoms with van der Waals surface area (Å²) in [6, 6.07) is 1.81. The topological polar surface area (TPSA) is 47.3 Å². The van der Waals surface area contributed by atoms with E-state index in [4.69, 9.17) is 0 Å². The number of imidazole rings is 1. The minimum atomic E-state index is 0.122. The molecule has 0 spiro atoms. The van der Waals surface area contributed by atoms with E-state index in [2.05, 4.69) is 9.97 Å². The number of carbonyl (C=O) groups is 1. The maximum absolute atomic E-state index is 10.8. The second-order valence-corrected chi connectivity index (χ2v) is 2.96. The predicted octanol–water partition coefficient (Wildman–Crippen LogP) is 0.861. The molecule has 66 valence electrons. The SMILES string of the molecule is CC(=O)Cc1cn2cnccc2n1. The highest BCUT2D eigenvalue weighted by molar-refractivity contribution is 5.77. The summed E-state index contributed by atoms with van der Waals surface area (Å²) >= 11 is 0. The first-order chi connectivity index (χ1) is 6.25. The van der Waals surface area contributed by atoms with Crippen molar-refractivity contribution in [2.45, 2.75) is 13.3 Å². The van der Waals surface area contributed by atoms with Crippen LogP contribution < -0.4 is 0 Å². The van der Waals surface area contributed by atoms with Crippen molar-refractivity contribution < 1.29 is 4.79 Å². The Bertz CT molecular complexity index is 414. The third kappa shape index (κ3) is 1.56. The number of hydrogen-bond donors (Lipinski definition) is 0. The van der Waals surface area contributed by atoms with Gasteiger partial charge in [-0.15, -0.1) is 0 Å². The van der Waals surface area contributed by atoms with Gasteiger partial charge in [0.2, 0.25) is 0 Å². The van der Waals surface area contributed by atoms with Gasteiger partial charge in [-0.3, -0.25) is 9.20 Å². The Morgan fingerprint density at radius 3 is 3.15 bits per heavy atom. The van der Waals surface area contributed by atoms with Crippen molar-refractivity contribution in [3.63, 3.8) is 0 Å². The average molecular weight is 175 g/mol. The minimum Gasteiger partial charge on any atom is -0.300 e. The smallest absolute Gasteiger partial charge is 0.139 e. The summed E-state index contributed by atoms with van der Waals surface area (Å²) < 4.78 is 1.80. The molecule has 4 heteroatoms. The number of nitrogens with zero attached hydrogens (tertiary/aromatic N) is 3. The van der Waals surface area contributed by atoms with Gasteiger partial charge in [-0.2, -0.15) is 0 Å². The van der Waals surface area contributed by atoms with Crippen LogP contribution in [0, 0.1) is 0 Å². The van der Waals surface area contributed by atoms with Crippen LogP contribution in [0.3, 0.4) is 0 Å². The lowest BCUT2D eigenvalue weighted by atomic mass is 10.2. The van der Waals surface area contributed by atoms with Gasteiger partial charge in [0.25, 0.3) is 0 Å². The Morgan fingerprint density at radius 2 is 2.46 bits per heavy atom. The molecule has 0 aliphatic heterocycles. The van der Waals surface area contributed by atoms with Crippen molar-refractivity contribution in [1.29, 1.82) is 0 Å². The lowest BCUT2D eigenvalue weighted by Crippen LogP contribution is -1.95. The zero-order valence-corrected chi connectivity index (χ0v) is 7.27. The largest absolute Gasteiger partial charge is 0.300 e. The summed E-state index contributed by atoms with van der Waals surface area (Å²) in [6.45, 7) is 1.56. The van der Waals surface area contributed by atoms with E-state index in [1.54, 1.807) is 23.8 Å². The van der Waals surface area contributed by atoms with Crippen LogP contribution >= 0.6 is 0 Å². The molecule has 0 saturated carbocycles. The number of aromatic nitrogens is 3. The Hall–Kier alpha value is -1.71. The van der Waals surface area contributed by atoms with Crippen LogP contribution in [0.25, 0.3) is 5.65 Å². The molecule has 0 fully saturated rings. The van der Waals surface area contributed by atoms with Gasteiger partial charge in [0.15, 0.2) is 0 Å². The van der Waals surface area contributed by atoms with Gasteiger partial charge in [0, 0.05) is 18.8 Å². The second kappa shape index (κ2) is 2.97. The van der Waals surface area contributed by atoms with E-state index in [0.717, 1.165) is 11.3 Å². The maximum Gasteiger partial charge on any atom is 0.139 e. The third-order valence-electron chi connectivity index (χ3n) is 1.74. The quantitative estimate of drug-likeness (QED) is 0.680. The van der Waals surface area contributed by atoms with Crippen molar-refractivity contribution in [3.8, 4) is 0 Å². The Labute approximate surface area is 75.2 Å². The van der Waals surface area contributed by atoms with Gasteiger partial charge in [0.1, 0.15) is 17.8 Å². The lowest BCUT2D eigenvalue weighted by molar-refractivity contribution is -0.116. The molecule has 0 aromatic carbocycles. The standard InChI is InChI=1S/C9H9N3O/c1-7(13)4-8-5-12-6-10-3-2-9(12)11-8/h2-3,5-6H,4H2,1H3. The molecule has 2 heterocycles. The molecule has 0 aliphatic carbocycles. The molecule has 2 rings (SSSR count). The summed E-state index contributed by atoms with van der Waals surface area (Å²) in [5.74, 6) is 0.122. The lowest BCUT2D eigenvalue weighted by Gasteiger charge is -1.86. The van der Waals surface area contributed by atoms with Crippen molar-refractivity contribution in [2.75, 3.05) is 0 Å². The van der Waals surface area contributed by atoms with Crippen LogP contribution in [-0.4, -0.2) is 20.2 Å². The third-order valence-corrected chi connectivity index (χ3v) is 1.74. The van der Waals surface area contributed by atoms with Crippen molar-refractivity contribution in [1.82, 2.24) is 14.4 Å². The molecule has 2 aromatic rings. The fraction of sp³-hybridized carbons (Fsp3) is 0.222. The van der Waals surface area contributed by atoms with Gasteiger partial charge in [-0.05, 0) is 13.0 Å². The van der Waals surface area contributed by atoms with Crippen LogP contribution in [0.1, 0.15) is 12.6 Å². The fourth-order valence-electron chi connectivity index (χ4n) is 1.24. The molecular formula is C9H9N3O. The van der Waals surface area contributed by atoms with Crippen molar-refractivity contribution in [3.05, 3.63) is 30.5 Å². The Kier molecular flexibility index (Phi) is 1.81. The van der Waals surface area contributed by atoms with Gasteiger partial charge in [0.05, 0.1) is 5.69 Å². The highest BCUT2D eigenvalue weighted by Gasteiger charge is 2.02. The van der Waals surface area contributed by atoms with E-state index in [9.17, 15) is 4.79 Å². The Balaban J connectivity index is 2.44. The molecule has 0 radical (unpaired) electrons. The zero-order valence-electron chi connectivity index (χ0n) is 7.27. The molecule has 0 amide bonds. The number of carbonyl (C=O) groups excluding carboxylic acids is 1. The van der Waals surface area contributed by atoms with Gasteiger partial charge in [-0.25, -0.2) is 9.97 Å². The summed E-state index contributed by atoms with van der Waals surface area (Å²) in [4.78, 5) is 19.0. The van der Waals surface area contributed by atoms with E-state index in [-0.39, 0.29) is 5.78 Å². The van der Waals surface area contributed by atoms with Crippen LogP contribution in [0.4, 0.5) is 0 Å². The molecular weight excluding hydrogens is 166 g/mol. The van der Waals surface area contributed by atoms with Gasteiger partial charge >= 0.3 is 0 Å². The molecule has 2 aromatic heterocycles. The highest BCUT2D eigenvalue weighted by atomic mass is 16.1. The predicted molar refractivity (Wildman–Crippen MR) is 47.4 cm³/mol. The summed E-state index contributed by atoms with van der Waals surface area (Å²) in [7, 11) is 0. The van der Waals surface area contributed by atoms with Gasteiger partial charge in [-0.1, -0.05) is 0 Å². The second-order valence-electron chi connectivity index (χ2n) is 2.96. The van der Waals surface area contributed by atoms with Crippen LogP contribution in [-0.2, 0) is 11.2 Å². The van der Waals surface area contributed by atoms with Crippen LogP contribution in [0.15, 0.2) is 24.8 Å². The number of hydrogen-bond acceptors (Lipinski definition) is 3. The molecule has 0 unspecified atom stereocenters. The summed E-state index contributed by atoms with van der Waals surface area (Å²) in [5, 5.41) is 0. The fourth-order valence-corrected chi connectivity index (χ4v) is 1.24. The van der Waals surface area contributed by atoms with Crippen molar-refractivity contribution in [2.24, 2.45) is 0 Å². The van der Waals surface area contributed by atoms with E-state index in [1.165, 1.54) is 0 Å². The Morgan fingerprint density at radius 1 is 1.62 bits per heavy atom. The molecule has 4 nitrogen and oxygen atoms in total. The first-order valence-corrected chi connectivity index (χ1v) is 4.03. The molecule has 13 heavy (non-hydrogen) atoms. The monoisotopic (exact) mass is 175 g/mol. The van der Waals surface area contributed by atoms with Crippen LogP contribution in [0.2, 0.25) is 0 Å². The number of ketones is 1. The maximum atomic E-state index is 10.8. The number of Topliss-reactive ketones (excluding diaryl/α,β-unsaturated/α-hetero) is 1. The van der Waals surface area contributed by atoms with E-state index >= 15 is 0 Å². The normalized spacial score (nSPS) is 10.5. The van der Waals surface area contributed by atoms with E-state index in [1.807, 2.05) is 12.3 Å². The van der Waals surface area contributed by atoms with Crippen LogP contribution in [0.5, 0.6) is 0 Å². The molecule has 0 saturated heterocycles. The number of fused-ring (bicyclic) bond motifs is 1. The van der Waals surface area contributed by atoms with E-state index < -0.39 is 0 Å². The molecule has 0 bridgehead atoms. The first kappa shape index (κ1) is 7.91. The molecule has 0 aliphatic rings. The number of rotatable bonds is 2. The summed E-state index contributed by atoms with van der Waals surface area (Å²) in [5.41, 5.74) is 1.62. The minimum absolute atomic E-state index is 0.122. The molecule has 0 atom stereocenters. The van der Waals surface area contributed by atoms with Crippen molar-refractivity contribution >= 4 is 11.4 Å². The average Bonchev–Trinajstić information content (AvgIpc) is 2.44. The van der Waals surface area contributed by atoms with E-state index in [0.29, 0.717) is 6.42 Å². The van der Waals surface area contributed by atoms with Gasteiger partial charge < -0.3 is 0 Å². The molecule has 0 N–H and O–H groups in total. The first-order valence-electron chi connectivity index (χ1n) is 4.03. The highest BCUT2D eigenvalue weighted by Crippen LogP contribution is 2.03.